The molecule has 2 amide bonds. The molecule has 0 radical (unpaired) electrons. The van der Waals surface area contributed by atoms with Crippen molar-refractivity contribution in [2.45, 2.75) is 12.8 Å². The van der Waals surface area contributed by atoms with Crippen LogP contribution in [0.1, 0.15) is 38.3 Å². The molecule has 0 aromatic heterocycles. The van der Waals surface area contributed by atoms with E-state index in [-0.39, 0.29) is 25.5 Å². The van der Waals surface area contributed by atoms with Crippen LogP contribution in [0.15, 0.2) is 41.4 Å². The van der Waals surface area contributed by atoms with Crippen LogP contribution in [0, 0.1) is 0 Å². The largest absolute Gasteiger partial charge is 0.454 e. The first-order chi connectivity index (χ1) is 13.6. The minimum absolute atomic E-state index is 0.0556. The van der Waals surface area contributed by atoms with Gasteiger partial charge in [-0.3, -0.25) is 24.3 Å². The van der Waals surface area contributed by atoms with Crippen molar-refractivity contribution in [1.29, 1.82) is 0 Å². The van der Waals surface area contributed by atoms with Gasteiger partial charge in [-0.1, -0.05) is 12.1 Å². The summed E-state index contributed by atoms with van der Waals surface area (Å²) >= 11 is 0. The Balaban J connectivity index is 1.34. The number of rotatable bonds is 4. The molecule has 0 N–H and O–H groups in total. The predicted molar refractivity (Wildman–Crippen MR) is 99.1 cm³/mol. The molecule has 2 aromatic rings. The Labute approximate surface area is 160 Å². The van der Waals surface area contributed by atoms with Gasteiger partial charge in [0.1, 0.15) is 0 Å². The predicted octanol–water partition coefficient (Wildman–Crippen LogP) is 2.02. The number of nitrogens with zero attached hydrogens (tertiary/aromatic N) is 2. The van der Waals surface area contributed by atoms with Crippen LogP contribution in [0.4, 0.5) is 0 Å². The minimum Gasteiger partial charge on any atom is -0.454 e. The summed E-state index contributed by atoms with van der Waals surface area (Å²) in [5.74, 6) is 0.254. The number of amides is 2. The van der Waals surface area contributed by atoms with Gasteiger partial charge in [-0.05, 0) is 36.2 Å². The summed E-state index contributed by atoms with van der Waals surface area (Å²) in [6.07, 6.45) is 0.822. The topological polar surface area (TPSA) is 85.3 Å². The summed E-state index contributed by atoms with van der Waals surface area (Å²) in [7, 11) is 0. The number of hydrogen-bond donors (Lipinski definition) is 0. The molecule has 0 saturated heterocycles. The SMILES string of the molecule is O=C(CC1=NCCc2cc3c(cc21)OCO3)CN1C(=O)c2ccccc2C1=O. The Hall–Kier alpha value is -3.48. The molecule has 0 aliphatic carbocycles. The molecule has 3 heterocycles. The van der Waals surface area contributed by atoms with Crippen molar-refractivity contribution in [2.24, 2.45) is 4.99 Å². The van der Waals surface area contributed by atoms with Gasteiger partial charge in [0.2, 0.25) is 6.79 Å². The highest BCUT2D eigenvalue weighted by atomic mass is 16.7. The molecule has 7 heteroatoms. The highest BCUT2D eigenvalue weighted by molar-refractivity contribution is 6.23. The van der Waals surface area contributed by atoms with Gasteiger partial charge in [-0.15, -0.1) is 0 Å². The van der Waals surface area contributed by atoms with Gasteiger partial charge in [0, 0.05) is 17.8 Å². The van der Waals surface area contributed by atoms with Gasteiger partial charge in [-0.2, -0.15) is 0 Å². The van der Waals surface area contributed by atoms with Crippen LogP contribution >= 0.6 is 0 Å². The average Bonchev–Trinajstić information content (AvgIpc) is 3.25. The molecule has 0 spiro atoms. The molecule has 28 heavy (non-hydrogen) atoms. The zero-order valence-electron chi connectivity index (χ0n) is 14.9. The highest BCUT2D eigenvalue weighted by Crippen LogP contribution is 2.36. The van der Waals surface area contributed by atoms with Crippen LogP contribution in [-0.4, -0.2) is 48.1 Å². The van der Waals surface area contributed by atoms with Crippen LogP contribution in [0.2, 0.25) is 0 Å². The number of Topliss-reactive ketones (excluding diaryl/α,β-unsaturated/α-hetero) is 1. The Morgan fingerprint density at radius 1 is 1.00 bits per heavy atom. The fraction of sp³-hybridized carbons (Fsp3) is 0.238. The molecular weight excluding hydrogens is 360 g/mol. The Bertz CT molecular complexity index is 1040. The van der Waals surface area contributed by atoms with E-state index in [2.05, 4.69) is 4.99 Å². The van der Waals surface area contributed by atoms with E-state index < -0.39 is 11.8 Å². The van der Waals surface area contributed by atoms with Crippen molar-refractivity contribution in [3.8, 4) is 11.5 Å². The molecule has 0 unspecified atom stereocenters. The molecule has 0 saturated carbocycles. The van der Waals surface area contributed by atoms with Crippen LogP contribution in [0.25, 0.3) is 0 Å². The van der Waals surface area contributed by atoms with E-state index in [0.717, 1.165) is 22.4 Å². The monoisotopic (exact) mass is 376 g/mol. The summed E-state index contributed by atoms with van der Waals surface area (Å²) in [4.78, 5) is 43.1. The number of carbonyl (C=O) groups is 3. The zero-order chi connectivity index (χ0) is 19.3. The van der Waals surface area contributed by atoms with Gasteiger partial charge >= 0.3 is 0 Å². The molecule has 2 aromatic carbocycles. The molecule has 7 nitrogen and oxygen atoms in total. The third kappa shape index (κ3) is 2.58. The molecule has 0 bridgehead atoms. The minimum atomic E-state index is -0.427. The van der Waals surface area contributed by atoms with E-state index in [9.17, 15) is 14.4 Å². The van der Waals surface area contributed by atoms with Crippen LogP contribution < -0.4 is 9.47 Å². The molecule has 3 aliphatic heterocycles. The van der Waals surface area contributed by atoms with Crippen molar-refractivity contribution >= 4 is 23.3 Å². The molecule has 140 valence electrons. The van der Waals surface area contributed by atoms with E-state index in [0.29, 0.717) is 34.9 Å². The van der Waals surface area contributed by atoms with Gasteiger partial charge < -0.3 is 9.47 Å². The lowest BCUT2D eigenvalue weighted by molar-refractivity contribution is -0.118. The van der Waals surface area contributed by atoms with E-state index in [1.165, 1.54) is 0 Å². The molecule has 3 aliphatic rings. The van der Waals surface area contributed by atoms with Gasteiger partial charge in [0.05, 0.1) is 24.1 Å². The number of fused-ring (bicyclic) bond motifs is 3. The highest BCUT2D eigenvalue weighted by Gasteiger charge is 2.36. The summed E-state index contributed by atoms with van der Waals surface area (Å²) in [6.45, 7) is 0.511. The summed E-state index contributed by atoms with van der Waals surface area (Å²) in [5.41, 5.74) is 3.26. The maximum atomic E-state index is 12.7. The fourth-order valence-corrected chi connectivity index (χ4v) is 3.81. The Kier molecular flexibility index (Phi) is 3.75. The lowest BCUT2D eigenvalue weighted by Gasteiger charge is -2.18. The Morgan fingerprint density at radius 2 is 1.68 bits per heavy atom. The number of benzene rings is 2. The molecule has 0 fully saturated rings. The number of aliphatic imine (C=N–C) groups is 1. The lowest BCUT2D eigenvalue weighted by Crippen LogP contribution is -2.35. The lowest BCUT2D eigenvalue weighted by atomic mass is 9.94. The van der Waals surface area contributed by atoms with Crippen molar-refractivity contribution < 1.29 is 23.9 Å². The van der Waals surface area contributed by atoms with Crippen LogP contribution in [0.3, 0.4) is 0 Å². The Morgan fingerprint density at radius 3 is 2.39 bits per heavy atom. The van der Waals surface area contributed by atoms with Gasteiger partial charge in [0.15, 0.2) is 17.3 Å². The maximum absolute atomic E-state index is 12.7. The molecule has 5 rings (SSSR count). The average molecular weight is 376 g/mol. The number of ether oxygens (including phenoxy) is 2. The third-order valence-corrected chi connectivity index (χ3v) is 5.17. The quantitative estimate of drug-likeness (QED) is 0.762. The van der Waals surface area contributed by atoms with Crippen LogP contribution in [-0.2, 0) is 11.2 Å². The van der Waals surface area contributed by atoms with Crippen molar-refractivity contribution in [1.82, 2.24) is 4.90 Å². The number of hydrogen-bond acceptors (Lipinski definition) is 6. The number of ketones is 1. The van der Waals surface area contributed by atoms with Crippen molar-refractivity contribution in [2.75, 3.05) is 19.9 Å². The second kappa shape index (κ2) is 6.30. The summed E-state index contributed by atoms with van der Waals surface area (Å²) < 4.78 is 10.8. The third-order valence-electron chi connectivity index (χ3n) is 5.17. The first-order valence-corrected chi connectivity index (χ1v) is 9.05. The first-order valence-electron chi connectivity index (χ1n) is 9.05. The summed E-state index contributed by atoms with van der Waals surface area (Å²) in [6, 6.07) is 10.4. The number of imide groups is 1. The van der Waals surface area contributed by atoms with E-state index in [1.54, 1.807) is 24.3 Å². The van der Waals surface area contributed by atoms with Gasteiger partial charge in [-0.25, -0.2) is 0 Å². The summed E-state index contributed by atoms with van der Waals surface area (Å²) in [5, 5.41) is 0. The smallest absolute Gasteiger partial charge is 0.261 e. The maximum Gasteiger partial charge on any atom is 0.261 e. The van der Waals surface area contributed by atoms with Crippen molar-refractivity contribution in [3.05, 3.63) is 58.7 Å². The second-order valence-electron chi connectivity index (χ2n) is 6.90. The van der Waals surface area contributed by atoms with Gasteiger partial charge in [0.25, 0.3) is 11.8 Å². The fourth-order valence-electron chi connectivity index (χ4n) is 3.81. The number of carbonyl (C=O) groups excluding carboxylic acids is 3. The molecule has 0 atom stereocenters. The van der Waals surface area contributed by atoms with Crippen LogP contribution in [0.5, 0.6) is 11.5 Å². The standard InChI is InChI=1S/C21H16N2O5/c24-13(10-23-20(25)14-3-1-2-4-15(14)21(23)26)8-17-16-9-19-18(27-11-28-19)7-12(16)5-6-22-17/h1-4,7,9H,5-6,8,10-11H2. The van der Waals surface area contributed by atoms with E-state index in [4.69, 9.17) is 9.47 Å². The van der Waals surface area contributed by atoms with E-state index in [1.807, 2.05) is 12.1 Å². The first kappa shape index (κ1) is 16.7. The zero-order valence-corrected chi connectivity index (χ0v) is 14.9. The normalized spacial score (nSPS) is 16.7. The molecular formula is C21H16N2O5. The van der Waals surface area contributed by atoms with Crippen molar-refractivity contribution in [3.63, 3.8) is 0 Å². The second-order valence-corrected chi connectivity index (χ2v) is 6.90. The van der Waals surface area contributed by atoms with E-state index >= 15 is 0 Å².